The molecule has 2 aromatic rings. The van der Waals surface area contributed by atoms with Crippen LogP contribution in [0.25, 0.3) is 6.08 Å². The first kappa shape index (κ1) is 17.6. The third-order valence-electron chi connectivity index (χ3n) is 4.91. The van der Waals surface area contributed by atoms with Crippen molar-refractivity contribution < 1.29 is 19.0 Å². The summed E-state index contributed by atoms with van der Waals surface area (Å²) in [6.45, 7) is 3.88. The molecule has 4 rings (SSSR count). The van der Waals surface area contributed by atoms with E-state index in [1.807, 2.05) is 30.3 Å². The second kappa shape index (κ2) is 7.84. The molecule has 0 aromatic heterocycles. The smallest absolute Gasteiger partial charge is 0.231 e. The molecule has 2 aliphatic heterocycles. The van der Waals surface area contributed by atoms with Gasteiger partial charge in [0.15, 0.2) is 5.76 Å². The van der Waals surface area contributed by atoms with E-state index in [0.29, 0.717) is 23.7 Å². The van der Waals surface area contributed by atoms with Crippen molar-refractivity contribution in [2.45, 2.75) is 12.8 Å². The zero-order valence-electron chi connectivity index (χ0n) is 15.4. The number of fused-ring (bicyclic) bond motifs is 1. The van der Waals surface area contributed by atoms with E-state index < -0.39 is 0 Å². The predicted octanol–water partition coefficient (Wildman–Crippen LogP) is 3.79. The van der Waals surface area contributed by atoms with Crippen LogP contribution in [0, 0.1) is 0 Å². The molecule has 5 heteroatoms. The van der Waals surface area contributed by atoms with Gasteiger partial charge in [0.05, 0.1) is 12.7 Å². The molecular weight excluding hydrogens is 342 g/mol. The number of carbonyl (C=O) groups excluding carboxylic acids is 1. The van der Waals surface area contributed by atoms with Crippen LogP contribution in [0.2, 0.25) is 0 Å². The normalized spacial score (nSPS) is 17.8. The fourth-order valence-corrected chi connectivity index (χ4v) is 3.44. The molecule has 0 atom stereocenters. The van der Waals surface area contributed by atoms with Crippen molar-refractivity contribution in [3.63, 3.8) is 0 Å². The molecule has 0 radical (unpaired) electrons. The number of ketones is 1. The van der Waals surface area contributed by atoms with E-state index in [4.69, 9.17) is 14.2 Å². The number of Topliss-reactive ketones (excluding diaryl/α,β-unsaturated/α-hetero) is 1. The van der Waals surface area contributed by atoms with Crippen LogP contribution < -0.4 is 14.2 Å². The number of hydrogen-bond donors (Lipinski definition) is 0. The van der Waals surface area contributed by atoms with Crippen molar-refractivity contribution >= 4 is 11.9 Å². The molecule has 0 unspecified atom stereocenters. The quantitative estimate of drug-likeness (QED) is 0.729. The number of nitrogens with zero attached hydrogens (tertiary/aromatic N) is 1. The van der Waals surface area contributed by atoms with Crippen LogP contribution in [-0.2, 0) is 0 Å². The van der Waals surface area contributed by atoms with E-state index in [-0.39, 0.29) is 5.78 Å². The molecule has 0 saturated carbocycles. The van der Waals surface area contributed by atoms with E-state index in [9.17, 15) is 4.79 Å². The third-order valence-corrected chi connectivity index (χ3v) is 4.91. The maximum Gasteiger partial charge on any atom is 0.231 e. The van der Waals surface area contributed by atoms with Crippen LogP contribution in [0.1, 0.15) is 28.8 Å². The maximum atomic E-state index is 12.6. The molecule has 0 N–H and O–H groups in total. The minimum atomic E-state index is -0.114. The molecule has 1 fully saturated rings. The molecular formula is C22H23NO4. The largest absolute Gasteiger partial charge is 0.497 e. The number of ether oxygens (including phenoxy) is 3. The fraction of sp³-hybridized carbons (Fsp3) is 0.318. The lowest BCUT2D eigenvalue weighted by Crippen LogP contribution is -2.25. The van der Waals surface area contributed by atoms with Gasteiger partial charge in [-0.15, -0.1) is 0 Å². The summed E-state index contributed by atoms with van der Waals surface area (Å²) in [5, 5.41) is 0. The summed E-state index contributed by atoms with van der Waals surface area (Å²) in [4.78, 5) is 15.0. The standard InChI is InChI=1S/C22H23NO4/c1-25-17-6-4-5-16(13-17)14-21-22(24)19-8-7-18(15-20(19)27-21)26-12-11-23-9-2-3-10-23/h4-8,13-15H,2-3,9-12H2,1H3/b21-14-. The van der Waals surface area contributed by atoms with Crippen LogP contribution in [0.3, 0.4) is 0 Å². The van der Waals surface area contributed by atoms with Gasteiger partial charge in [0.2, 0.25) is 5.78 Å². The Morgan fingerprint density at radius 2 is 1.96 bits per heavy atom. The Labute approximate surface area is 159 Å². The van der Waals surface area contributed by atoms with Gasteiger partial charge in [0, 0.05) is 12.6 Å². The topological polar surface area (TPSA) is 48.0 Å². The number of carbonyl (C=O) groups is 1. The Kier molecular flexibility index (Phi) is 5.12. The molecule has 0 amide bonds. The molecule has 0 bridgehead atoms. The molecule has 0 spiro atoms. The summed E-state index contributed by atoms with van der Waals surface area (Å²) in [5.41, 5.74) is 1.42. The SMILES string of the molecule is COc1cccc(/C=C2\Oc3cc(OCCN4CCCC4)ccc3C2=O)c1. The molecule has 2 heterocycles. The number of rotatable bonds is 6. The lowest BCUT2D eigenvalue weighted by molar-refractivity contribution is 0.101. The summed E-state index contributed by atoms with van der Waals surface area (Å²) in [5.74, 6) is 2.21. The summed E-state index contributed by atoms with van der Waals surface area (Å²) >= 11 is 0. The highest BCUT2D eigenvalue weighted by Crippen LogP contribution is 2.35. The van der Waals surface area contributed by atoms with Crippen molar-refractivity contribution in [3.8, 4) is 17.2 Å². The van der Waals surface area contributed by atoms with Gasteiger partial charge in [-0.2, -0.15) is 0 Å². The van der Waals surface area contributed by atoms with Gasteiger partial charge in [0.1, 0.15) is 23.9 Å². The fourth-order valence-electron chi connectivity index (χ4n) is 3.44. The Morgan fingerprint density at radius 1 is 1.11 bits per heavy atom. The minimum absolute atomic E-state index is 0.114. The molecule has 27 heavy (non-hydrogen) atoms. The molecule has 2 aliphatic rings. The zero-order chi connectivity index (χ0) is 18.6. The summed E-state index contributed by atoms with van der Waals surface area (Å²) in [6, 6.07) is 12.9. The first-order chi connectivity index (χ1) is 13.2. The van der Waals surface area contributed by atoms with Gasteiger partial charge in [0.25, 0.3) is 0 Å². The van der Waals surface area contributed by atoms with E-state index in [2.05, 4.69) is 4.90 Å². The van der Waals surface area contributed by atoms with Crippen molar-refractivity contribution in [1.29, 1.82) is 0 Å². The number of methoxy groups -OCH3 is 1. The second-order valence-corrected chi connectivity index (χ2v) is 6.77. The van der Waals surface area contributed by atoms with Crippen LogP contribution in [0.5, 0.6) is 17.2 Å². The average molecular weight is 365 g/mol. The highest BCUT2D eigenvalue weighted by atomic mass is 16.5. The molecule has 5 nitrogen and oxygen atoms in total. The average Bonchev–Trinajstić information content (AvgIpc) is 3.30. The number of allylic oxidation sites excluding steroid dienone is 1. The summed E-state index contributed by atoms with van der Waals surface area (Å²) < 4.78 is 16.9. The lowest BCUT2D eigenvalue weighted by atomic mass is 10.1. The van der Waals surface area contributed by atoms with Gasteiger partial charge >= 0.3 is 0 Å². The highest BCUT2D eigenvalue weighted by molar-refractivity contribution is 6.14. The summed E-state index contributed by atoms with van der Waals surface area (Å²) in [7, 11) is 1.62. The molecule has 1 saturated heterocycles. The zero-order valence-corrected chi connectivity index (χ0v) is 15.4. The molecule has 140 valence electrons. The van der Waals surface area contributed by atoms with Gasteiger partial charge < -0.3 is 14.2 Å². The van der Waals surface area contributed by atoms with Crippen molar-refractivity contribution in [2.75, 3.05) is 33.4 Å². The van der Waals surface area contributed by atoms with Crippen LogP contribution in [0.4, 0.5) is 0 Å². The van der Waals surface area contributed by atoms with Crippen molar-refractivity contribution in [2.24, 2.45) is 0 Å². The number of likely N-dealkylation sites (tertiary alicyclic amines) is 1. The first-order valence-corrected chi connectivity index (χ1v) is 9.30. The lowest BCUT2D eigenvalue weighted by Gasteiger charge is -2.15. The van der Waals surface area contributed by atoms with Crippen molar-refractivity contribution in [1.82, 2.24) is 4.90 Å². The second-order valence-electron chi connectivity index (χ2n) is 6.77. The van der Waals surface area contributed by atoms with Crippen LogP contribution in [-0.4, -0.2) is 44.0 Å². The maximum absolute atomic E-state index is 12.6. The van der Waals surface area contributed by atoms with Crippen LogP contribution >= 0.6 is 0 Å². The van der Waals surface area contributed by atoms with E-state index >= 15 is 0 Å². The van der Waals surface area contributed by atoms with E-state index in [1.165, 1.54) is 12.8 Å². The van der Waals surface area contributed by atoms with E-state index in [0.717, 1.165) is 36.7 Å². The summed E-state index contributed by atoms with van der Waals surface area (Å²) in [6.07, 6.45) is 4.28. The predicted molar refractivity (Wildman–Crippen MR) is 104 cm³/mol. The van der Waals surface area contributed by atoms with Crippen molar-refractivity contribution in [3.05, 3.63) is 59.4 Å². The minimum Gasteiger partial charge on any atom is -0.497 e. The molecule has 2 aromatic carbocycles. The number of hydrogen-bond acceptors (Lipinski definition) is 5. The Hall–Kier alpha value is -2.79. The first-order valence-electron chi connectivity index (χ1n) is 9.30. The highest BCUT2D eigenvalue weighted by Gasteiger charge is 2.27. The Morgan fingerprint density at radius 3 is 2.78 bits per heavy atom. The monoisotopic (exact) mass is 365 g/mol. The number of benzene rings is 2. The Bertz CT molecular complexity index is 868. The van der Waals surface area contributed by atoms with Gasteiger partial charge in [-0.25, -0.2) is 0 Å². The van der Waals surface area contributed by atoms with Crippen LogP contribution in [0.15, 0.2) is 48.2 Å². The van der Waals surface area contributed by atoms with E-state index in [1.54, 1.807) is 25.3 Å². The van der Waals surface area contributed by atoms with Gasteiger partial charge in [-0.3, -0.25) is 9.69 Å². The Balaban J connectivity index is 1.44. The molecule has 0 aliphatic carbocycles. The van der Waals surface area contributed by atoms with Gasteiger partial charge in [-0.05, 0) is 61.8 Å². The third kappa shape index (κ3) is 3.98. The van der Waals surface area contributed by atoms with Gasteiger partial charge in [-0.1, -0.05) is 12.1 Å².